The summed E-state index contributed by atoms with van der Waals surface area (Å²) in [5.74, 6) is 0.747. The van der Waals surface area contributed by atoms with Crippen molar-refractivity contribution in [2.24, 2.45) is 0 Å². The largest absolute Gasteiger partial charge is 0.493 e. The average Bonchev–Trinajstić information content (AvgIpc) is 3.13. The lowest BCUT2D eigenvalue weighted by molar-refractivity contribution is -0.126. The molecule has 1 fully saturated rings. The Morgan fingerprint density at radius 2 is 1.94 bits per heavy atom. The quantitative estimate of drug-likeness (QED) is 0.490. The third-order valence-electron chi connectivity index (χ3n) is 5.72. The van der Waals surface area contributed by atoms with Crippen LogP contribution in [-0.4, -0.2) is 43.6 Å². The predicted octanol–water partition coefficient (Wildman–Crippen LogP) is 5.55. The van der Waals surface area contributed by atoms with E-state index < -0.39 is 0 Å². The molecule has 6 heteroatoms. The fourth-order valence-corrected chi connectivity index (χ4v) is 4.25. The lowest BCUT2D eigenvalue weighted by Gasteiger charge is -2.36. The first kappa shape index (κ1) is 21.3. The Morgan fingerprint density at radius 1 is 1.19 bits per heavy atom. The van der Waals surface area contributed by atoms with Gasteiger partial charge in [0.05, 0.1) is 23.6 Å². The number of ether oxygens (including phenoxy) is 1. The normalized spacial score (nSPS) is 14.9. The van der Waals surface area contributed by atoms with Crippen LogP contribution in [0, 0.1) is 6.92 Å². The number of aryl methyl sites for hydroxylation is 1. The maximum absolute atomic E-state index is 13.0. The van der Waals surface area contributed by atoms with Gasteiger partial charge in [0.15, 0.2) is 0 Å². The van der Waals surface area contributed by atoms with Crippen LogP contribution in [0.4, 0.5) is 5.69 Å². The van der Waals surface area contributed by atoms with Gasteiger partial charge in [-0.3, -0.25) is 4.79 Å². The van der Waals surface area contributed by atoms with E-state index in [2.05, 4.69) is 4.90 Å². The fourth-order valence-electron chi connectivity index (χ4n) is 4.00. The van der Waals surface area contributed by atoms with Crippen LogP contribution in [-0.2, 0) is 4.79 Å². The Kier molecular flexibility index (Phi) is 6.23. The SMILES string of the molecule is CCOc1cc2occ(C)c2cc1/C(C)=C/C(=O)N1CCN(c2ccccc2Cl)CC1. The van der Waals surface area contributed by atoms with E-state index in [1.807, 2.05) is 62.1 Å². The molecule has 1 aromatic heterocycles. The highest BCUT2D eigenvalue weighted by Crippen LogP contribution is 2.33. The van der Waals surface area contributed by atoms with Gasteiger partial charge in [0.25, 0.3) is 0 Å². The zero-order valence-corrected chi connectivity index (χ0v) is 18.9. The molecule has 5 nitrogen and oxygen atoms in total. The van der Waals surface area contributed by atoms with E-state index in [9.17, 15) is 4.79 Å². The maximum Gasteiger partial charge on any atom is 0.246 e. The average molecular weight is 439 g/mol. The van der Waals surface area contributed by atoms with Crippen LogP contribution in [0.2, 0.25) is 5.02 Å². The first-order valence-corrected chi connectivity index (χ1v) is 11.0. The van der Waals surface area contributed by atoms with E-state index in [0.29, 0.717) is 19.7 Å². The molecule has 1 amide bonds. The summed E-state index contributed by atoms with van der Waals surface area (Å²) in [5.41, 5.74) is 4.67. The number of hydrogen-bond donors (Lipinski definition) is 0. The number of allylic oxidation sites excluding steroid dienone is 1. The Hall–Kier alpha value is -2.92. The molecule has 0 aliphatic carbocycles. The minimum absolute atomic E-state index is 0.0165. The Bertz CT molecular complexity index is 1130. The number of rotatable bonds is 5. The van der Waals surface area contributed by atoms with Crippen molar-refractivity contribution < 1.29 is 13.9 Å². The predicted molar refractivity (Wildman–Crippen MR) is 126 cm³/mol. The van der Waals surface area contributed by atoms with Crippen LogP contribution in [0.1, 0.15) is 25.0 Å². The molecule has 2 aromatic carbocycles. The van der Waals surface area contributed by atoms with E-state index in [-0.39, 0.29) is 5.91 Å². The van der Waals surface area contributed by atoms with Crippen molar-refractivity contribution in [3.05, 3.63) is 64.9 Å². The van der Waals surface area contributed by atoms with E-state index in [1.54, 1.807) is 12.3 Å². The molecule has 0 unspecified atom stereocenters. The second kappa shape index (κ2) is 9.06. The Balaban J connectivity index is 1.51. The van der Waals surface area contributed by atoms with Crippen molar-refractivity contribution in [3.8, 4) is 5.75 Å². The number of anilines is 1. The zero-order valence-electron chi connectivity index (χ0n) is 18.2. The number of carbonyl (C=O) groups excluding carboxylic acids is 1. The van der Waals surface area contributed by atoms with Crippen molar-refractivity contribution in [2.45, 2.75) is 20.8 Å². The summed E-state index contributed by atoms with van der Waals surface area (Å²) >= 11 is 6.33. The van der Waals surface area contributed by atoms with Gasteiger partial charge in [-0.25, -0.2) is 0 Å². The zero-order chi connectivity index (χ0) is 22.0. The van der Waals surface area contributed by atoms with Gasteiger partial charge in [-0.15, -0.1) is 0 Å². The minimum Gasteiger partial charge on any atom is -0.493 e. The number of amides is 1. The smallest absolute Gasteiger partial charge is 0.246 e. The van der Waals surface area contributed by atoms with Crippen molar-refractivity contribution in [3.63, 3.8) is 0 Å². The van der Waals surface area contributed by atoms with Crippen molar-refractivity contribution in [1.29, 1.82) is 0 Å². The Morgan fingerprint density at radius 3 is 2.65 bits per heavy atom. The standard InChI is InChI=1S/C25H27ClN2O3/c1-4-30-23-15-24-20(18(3)16-31-24)14-19(23)17(2)13-25(29)28-11-9-27(10-12-28)22-8-6-5-7-21(22)26/h5-8,13-16H,4,9-12H2,1-3H3/b17-13+. The second-order valence-electron chi connectivity index (χ2n) is 7.79. The van der Waals surface area contributed by atoms with E-state index in [0.717, 1.165) is 57.2 Å². The van der Waals surface area contributed by atoms with Crippen LogP contribution in [0.25, 0.3) is 16.5 Å². The molecule has 1 aliphatic rings. The molecule has 0 saturated carbocycles. The number of para-hydroxylation sites is 1. The third kappa shape index (κ3) is 4.42. The second-order valence-corrected chi connectivity index (χ2v) is 8.19. The molecule has 162 valence electrons. The fraction of sp³-hybridized carbons (Fsp3) is 0.320. The number of piperazine rings is 1. The first-order chi connectivity index (χ1) is 15.0. The topological polar surface area (TPSA) is 45.9 Å². The van der Waals surface area contributed by atoms with Crippen LogP contribution in [0.5, 0.6) is 5.75 Å². The monoisotopic (exact) mass is 438 g/mol. The number of halogens is 1. The highest BCUT2D eigenvalue weighted by atomic mass is 35.5. The van der Waals surface area contributed by atoms with E-state index in [4.69, 9.17) is 20.8 Å². The number of hydrogen-bond acceptors (Lipinski definition) is 4. The number of carbonyl (C=O) groups is 1. The van der Waals surface area contributed by atoms with Crippen LogP contribution in [0.15, 0.2) is 53.2 Å². The summed E-state index contributed by atoms with van der Waals surface area (Å²) in [6, 6.07) is 11.8. The molecule has 2 heterocycles. The minimum atomic E-state index is 0.0165. The summed E-state index contributed by atoms with van der Waals surface area (Å²) in [4.78, 5) is 17.1. The molecule has 0 N–H and O–H groups in total. The number of fused-ring (bicyclic) bond motifs is 1. The lowest BCUT2D eigenvalue weighted by atomic mass is 10.0. The number of nitrogens with zero attached hydrogens (tertiary/aromatic N) is 2. The van der Waals surface area contributed by atoms with Gasteiger partial charge in [0.2, 0.25) is 5.91 Å². The van der Waals surface area contributed by atoms with Gasteiger partial charge < -0.3 is 19.0 Å². The van der Waals surface area contributed by atoms with Crippen LogP contribution >= 0.6 is 11.6 Å². The van der Waals surface area contributed by atoms with Gasteiger partial charge in [0, 0.05) is 49.3 Å². The molecule has 1 saturated heterocycles. The van der Waals surface area contributed by atoms with Crippen molar-refractivity contribution in [1.82, 2.24) is 4.90 Å². The van der Waals surface area contributed by atoms with E-state index >= 15 is 0 Å². The third-order valence-corrected chi connectivity index (χ3v) is 6.04. The Labute approximate surface area is 187 Å². The molecule has 31 heavy (non-hydrogen) atoms. The molecular weight excluding hydrogens is 412 g/mol. The van der Waals surface area contributed by atoms with Gasteiger partial charge in [0.1, 0.15) is 11.3 Å². The first-order valence-electron chi connectivity index (χ1n) is 10.6. The van der Waals surface area contributed by atoms with E-state index in [1.165, 1.54) is 0 Å². The number of furan rings is 1. The summed E-state index contributed by atoms with van der Waals surface area (Å²) in [6.07, 6.45) is 3.46. The van der Waals surface area contributed by atoms with Gasteiger partial charge in [-0.05, 0) is 50.1 Å². The highest BCUT2D eigenvalue weighted by Gasteiger charge is 2.22. The molecule has 3 aromatic rings. The highest BCUT2D eigenvalue weighted by molar-refractivity contribution is 6.33. The number of benzene rings is 2. The molecule has 1 aliphatic heterocycles. The molecule has 0 radical (unpaired) electrons. The summed E-state index contributed by atoms with van der Waals surface area (Å²) < 4.78 is 11.4. The van der Waals surface area contributed by atoms with Crippen molar-refractivity contribution in [2.75, 3.05) is 37.7 Å². The molecule has 0 spiro atoms. The molecular formula is C25H27ClN2O3. The van der Waals surface area contributed by atoms with Gasteiger partial charge >= 0.3 is 0 Å². The van der Waals surface area contributed by atoms with Crippen molar-refractivity contribution >= 4 is 39.7 Å². The summed E-state index contributed by atoms with van der Waals surface area (Å²) in [6.45, 7) is 9.29. The lowest BCUT2D eigenvalue weighted by Crippen LogP contribution is -2.48. The van der Waals surface area contributed by atoms with Crippen LogP contribution < -0.4 is 9.64 Å². The van der Waals surface area contributed by atoms with Gasteiger partial charge in [-0.2, -0.15) is 0 Å². The summed E-state index contributed by atoms with van der Waals surface area (Å²) in [5, 5.41) is 1.78. The molecule has 4 rings (SSSR count). The van der Waals surface area contributed by atoms with Gasteiger partial charge in [-0.1, -0.05) is 23.7 Å². The summed E-state index contributed by atoms with van der Waals surface area (Å²) in [7, 11) is 0. The molecule has 0 bridgehead atoms. The maximum atomic E-state index is 13.0. The van der Waals surface area contributed by atoms with Crippen LogP contribution in [0.3, 0.4) is 0 Å². The molecule has 0 atom stereocenters.